The lowest BCUT2D eigenvalue weighted by Gasteiger charge is -2.26. The predicted molar refractivity (Wildman–Crippen MR) is 74.8 cm³/mol. The number of ether oxygens (including phenoxy) is 1. The van der Waals surface area contributed by atoms with Gasteiger partial charge in [-0.25, -0.2) is 0 Å². The van der Waals surface area contributed by atoms with Gasteiger partial charge in [-0.1, -0.05) is 42.0 Å². The summed E-state index contributed by atoms with van der Waals surface area (Å²) in [5.74, 6) is 0.846. The van der Waals surface area contributed by atoms with Crippen LogP contribution in [-0.4, -0.2) is 7.11 Å². The largest absolute Gasteiger partial charge is 0.497 e. The van der Waals surface area contributed by atoms with E-state index in [2.05, 4.69) is 25.1 Å². The molecule has 2 aromatic carbocycles. The fourth-order valence-corrected chi connectivity index (χ4v) is 2.07. The Labute approximate surface area is 108 Å². The van der Waals surface area contributed by atoms with E-state index in [1.54, 1.807) is 7.11 Å². The topological polar surface area (TPSA) is 35.2 Å². The van der Waals surface area contributed by atoms with Crippen LogP contribution in [0.2, 0.25) is 0 Å². The van der Waals surface area contributed by atoms with Gasteiger partial charge in [-0.15, -0.1) is 0 Å². The number of hydrogen-bond donors (Lipinski definition) is 1. The Balaban J connectivity index is 2.40. The van der Waals surface area contributed by atoms with E-state index in [0.717, 1.165) is 16.9 Å². The summed E-state index contributed by atoms with van der Waals surface area (Å²) in [5.41, 5.74) is 9.41. The van der Waals surface area contributed by atoms with Crippen molar-refractivity contribution >= 4 is 0 Å². The summed E-state index contributed by atoms with van der Waals surface area (Å²) in [6.07, 6.45) is 0. The van der Waals surface area contributed by atoms with Crippen LogP contribution in [0.15, 0.2) is 48.5 Å². The first kappa shape index (κ1) is 12.7. The highest BCUT2D eigenvalue weighted by molar-refractivity contribution is 5.40. The number of hydrogen-bond acceptors (Lipinski definition) is 2. The average molecular weight is 241 g/mol. The van der Waals surface area contributed by atoms with Crippen molar-refractivity contribution in [2.45, 2.75) is 19.4 Å². The minimum Gasteiger partial charge on any atom is -0.497 e. The Morgan fingerprint density at radius 3 is 2.22 bits per heavy atom. The van der Waals surface area contributed by atoms with Gasteiger partial charge in [0.1, 0.15) is 5.75 Å². The summed E-state index contributed by atoms with van der Waals surface area (Å²) < 4.78 is 5.17. The molecule has 0 aliphatic rings. The SMILES string of the molecule is COc1ccc(C(C)(N)c2cccc(C)c2)cc1. The van der Waals surface area contributed by atoms with Gasteiger partial charge in [0.2, 0.25) is 0 Å². The molecule has 0 bridgehead atoms. The molecule has 1 atom stereocenters. The Morgan fingerprint density at radius 2 is 1.67 bits per heavy atom. The van der Waals surface area contributed by atoms with Crippen LogP contribution in [-0.2, 0) is 5.54 Å². The molecule has 0 aliphatic heterocycles. The van der Waals surface area contributed by atoms with Gasteiger partial charge in [0.15, 0.2) is 0 Å². The first-order chi connectivity index (χ1) is 8.54. The Kier molecular flexibility index (Phi) is 3.39. The van der Waals surface area contributed by atoms with E-state index >= 15 is 0 Å². The zero-order valence-corrected chi connectivity index (χ0v) is 11.1. The smallest absolute Gasteiger partial charge is 0.118 e. The van der Waals surface area contributed by atoms with Gasteiger partial charge >= 0.3 is 0 Å². The molecule has 18 heavy (non-hydrogen) atoms. The summed E-state index contributed by atoms with van der Waals surface area (Å²) in [6.45, 7) is 4.11. The highest BCUT2D eigenvalue weighted by Crippen LogP contribution is 2.28. The minimum atomic E-state index is -0.488. The molecule has 2 N–H and O–H groups in total. The molecular formula is C16H19NO. The van der Waals surface area contributed by atoms with Crippen molar-refractivity contribution in [3.05, 3.63) is 65.2 Å². The Bertz CT molecular complexity index is 529. The van der Waals surface area contributed by atoms with Crippen LogP contribution in [0.3, 0.4) is 0 Å². The van der Waals surface area contributed by atoms with Crippen molar-refractivity contribution < 1.29 is 4.74 Å². The third kappa shape index (κ3) is 2.39. The van der Waals surface area contributed by atoms with E-state index in [-0.39, 0.29) is 0 Å². The molecule has 0 saturated heterocycles. The van der Waals surface area contributed by atoms with E-state index < -0.39 is 5.54 Å². The molecule has 94 valence electrons. The average Bonchev–Trinajstić information content (AvgIpc) is 2.39. The van der Waals surface area contributed by atoms with E-state index in [1.165, 1.54) is 5.56 Å². The molecule has 2 rings (SSSR count). The fourth-order valence-electron chi connectivity index (χ4n) is 2.07. The quantitative estimate of drug-likeness (QED) is 0.895. The van der Waals surface area contributed by atoms with E-state index in [0.29, 0.717) is 0 Å². The third-order valence-electron chi connectivity index (χ3n) is 3.31. The van der Waals surface area contributed by atoms with Crippen molar-refractivity contribution in [3.8, 4) is 5.75 Å². The number of methoxy groups -OCH3 is 1. The highest BCUT2D eigenvalue weighted by atomic mass is 16.5. The molecular weight excluding hydrogens is 222 g/mol. The van der Waals surface area contributed by atoms with Crippen LogP contribution in [0.25, 0.3) is 0 Å². The van der Waals surface area contributed by atoms with Crippen molar-refractivity contribution in [1.29, 1.82) is 0 Å². The lowest BCUT2D eigenvalue weighted by molar-refractivity contribution is 0.414. The van der Waals surface area contributed by atoms with Gasteiger partial charge in [0, 0.05) is 0 Å². The van der Waals surface area contributed by atoms with Crippen molar-refractivity contribution in [1.82, 2.24) is 0 Å². The lowest BCUT2D eigenvalue weighted by atomic mass is 9.85. The standard InChI is InChI=1S/C16H19NO/c1-12-5-4-6-14(11-12)16(2,17)13-7-9-15(18-3)10-8-13/h4-11H,17H2,1-3H3. The molecule has 0 saturated carbocycles. The number of aryl methyl sites for hydroxylation is 1. The first-order valence-corrected chi connectivity index (χ1v) is 6.04. The number of benzene rings is 2. The number of rotatable bonds is 3. The second-order valence-corrected chi connectivity index (χ2v) is 4.80. The van der Waals surface area contributed by atoms with E-state index in [1.807, 2.05) is 37.3 Å². The van der Waals surface area contributed by atoms with Crippen LogP contribution in [0.4, 0.5) is 0 Å². The van der Waals surface area contributed by atoms with Crippen LogP contribution in [0.5, 0.6) is 5.75 Å². The monoisotopic (exact) mass is 241 g/mol. The Morgan fingerprint density at radius 1 is 1.00 bits per heavy atom. The summed E-state index contributed by atoms with van der Waals surface area (Å²) in [7, 11) is 1.66. The molecule has 2 heteroatoms. The van der Waals surface area contributed by atoms with Crippen LogP contribution in [0, 0.1) is 6.92 Å². The lowest BCUT2D eigenvalue weighted by Crippen LogP contribution is -2.34. The predicted octanol–water partition coefficient (Wildman–Crippen LogP) is 3.23. The van der Waals surface area contributed by atoms with Gasteiger partial charge in [-0.05, 0) is 37.1 Å². The zero-order valence-electron chi connectivity index (χ0n) is 11.1. The van der Waals surface area contributed by atoms with Gasteiger partial charge in [-0.2, -0.15) is 0 Å². The number of nitrogens with two attached hydrogens (primary N) is 1. The zero-order chi connectivity index (χ0) is 13.2. The maximum atomic E-state index is 6.48. The summed E-state index contributed by atoms with van der Waals surface area (Å²) in [5, 5.41) is 0. The fraction of sp³-hybridized carbons (Fsp3) is 0.250. The molecule has 2 aromatic rings. The second-order valence-electron chi connectivity index (χ2n) is 4.80. The molecule has 0 spiro atoms. The van der Waals surface area contributed by atoms with Crippen molar-refractivity contribution in [3.63, 3.8) is 0 Å². The van der Waals surface area contributed by atoms with Gasteiger partial charge in [-0.3, -0.25) is 0 Å². The van der Waals surface area contributed by atoms with Gasteiger partial charge in [0.25, 0.3) is 0 Å². The minimum absolute atomic E-state index is 0.488. The normalized spacial score (nSPS) is 14.0. The van der Waals surface area contributed by atoms with Crippen LogP contribution < -0.4 is 10.5 Å². The third-order valence-corrected chi connectivity index (χ3v) is 3.31. The van der Waals surface area contributed by atoms with Gasteiger partial charge in [0.05, 0.1) is 12.6 Å². The summed E-state index contributed by atoms with van der Waals surface area (Å²) in [4.78, 5) is 0. The molecule has 0 aromatic heterocycles. The van der Waals surface area contributed by atoms with Crippen molar-refractivity contribution in [2.75, 3.05) is 7.11 Å². The molecule has 0 aliphatic carbocycles. The molecule has 0 amide bonds. The van der Waals surface area contributed by atoms with E-state index in [4.69, 9.17) is 10.5 Å². The summed E-state index contributed by atoms with van der Waals surface area (Å²) in [6, 6.07) is 16.2. The molecule has 2 nitrogen and oxygen atoms in total. The maximum Gasteiger partial charge on any atom is 0.118 e. The van der Waals surface area contributed by atoms with Gasteiger partial charge < -0.3 is 10.5 Å². The van der Waals surface area contributed by atoms with E-state index in [9.17, 15) is 0 Å². The highest BCUT2D eigenvalue weighted by Gasteiger charge is 2.23. The molecule has 0 heterocycles. The first-order valence-electron chi connectivity index (χ1n) is 6.04. The van der Waals surface area contributed by atoms with Crippen LogP contribution >= 0.6 is 0 Å². The molecule has 0 fully saturated rings. The van der Waals surface area contributed by atoms with Crippen molar-refractivity contribution in [2.24, 2.45) is 5.73 Å². The second kappa shape index (κ2) is 4.83. The molecule has 0 radical (unpaired) electrons. The van der Waals surface area contributed by atoms with Crippen LogP contribution in [0.1, 0.15) is 23.6 Å². The summed E-state index contributed by atoms with van der Waals surface area (Å²) >= 11 is 0. The maximum absolute atomic E-state index is 6.48. The molecule has 1 unspecified atom stereocenters. The Hall–Kier alpha value is -1.80.